The second-order valence-electron chi connectivity index (χ2n) is 5.53. The van der Waals surface area contributed by atoms with Gasteiger partial charge in [-0.15, -0.1) is 11.3 Å². The zero-order chi connectivity index (χ0) is 18.1. The van der Waals surface area contributed by atoms with Gasteiger partial charge >= 0.3 is 5.97 Å². The SMILES string of the molecule is COC(=O)c1c(NC(=S)Nc2cnn(C)c2C(N)=O)sc2c1CCC2. The highest BCUT2D eigenvalue weighted by atomic mass is 32.1. The maximum Gasteiger partial charge on any atom is 0.341 e. The number of esters is 1. The minimum absolute atomic E-state index is 0.214. The van der Waals surface area contributed by atoms with E-state index in [2.05, 4.69) is 15.7 Å². The molecule has 0 atom stereocenters. The van der Waals surface area contributed by atoms with Crippen molar-refractivity contribution < 1.29 is 14.3 Å². The molecule has 2 heterocycles. The van der Waals surface area contributed by atoms with Crippen LogP contribution in [0.5, 0.6) is 0 Å². The highest BCUT2D eigenvalue weighted by Crippen LogP contribution is 2.39. The van der Waals surface area contributed by atoms with Crippen LogP contribution in [0.1, 0.15) is 37.7 Å². The van der Waals surface area contributed by atoms with Crippen LogP contribution in [-0.2, 0) is 24.6 Å². The number of aryl methyl sites for hydroxylation is 2. The van der Waals surface area contributed by atoms with Gasteiger partial charge in [0.05, 0.1) is 24.6 Å². The van der Waals surface area contributed by atoms with Crippen LogP contribution < -0.4 is 16.4 Å². The Morgan fingerprint density at radius 3 is 2.84 bits per heavy atom. The van der Waals surface area contributed by atoms with Gasteiger partial charge in [-0.3, -0.25) is 9.48 Å². The van der Waals surface area contributed by atoms with Crippen molar-refractivity contribution in [3.05, 3.63) is 27.9 Å². The molecule has 3 rings (SSSR count). The molecule has 4 N–H and O–H groups in total. The van der Waals surface area contributed by atoms with Crippen LogP contribution >= 0.6 is 23.6 Å². The van der Waals surface area contributed by atoms with E-state index in [1.165, 1.54) is 34.2 Å². The molecule has 0 saturated heterocycles. The Kier molecular flexibility index (Phi) is 4.73. The molecule has 0 aromatic carbocycles. The van der Waals surface area contributed by atoms with E-state index in [1.807, 2.05) is 0 Å². The predicted octanol–water partition coefficient (Wildman–Crippen LogP) is 1.66. The maximum atomic E-state index is 12.1. The molecule has 1 amide bonds. The van der Waals surface area contributed by atoms with Gasteiger partial charge in [-0.05, 0) is 37.0 Å². The lowest BCUT2D eigenvalue weighted by atomic mass is 10.1. The normalized spacial score (nSPS) is 12.6. The van der Waals surface area contributed by atoms with Gasteiger partial charge < -0.3 is 21.1 Å². The number of primary amides is 1. The van der Waals surface area contributed by atoms with Gasteiger partial charge in [0.25, 0.3) is 5.91 Å². The van der Waals surface area contributed by atoms with Crippen molar-refractivity contribution in [2.75, 3.05) is 17.7 Å². The zero-order valence-corrected chi connectivity index (χ0v) is 15.3. The first kappa shape index (κ1) is 17.4. The molecule has 2 aromatic rings. The fourth-order valence-electron chi connectivity index (χ4n) is 2.89. The molecule has 2 aromatic heterocycles. The molecule has 8 nitrogen and oxygen atoms in total. The molecule has 0 aliphatic heterocycles. The summed E-state index contributed by atoms with van der Waals surface area (Å²) in [6.07, 6.45) is 4.29. The molecule has 25 heavy (non-hydrogen) atoms. The van der Waals surface area contributed by atoms with Crippen molar-refractivity contribution in [1.82, 2.24) is 9.78 Å². The summed E-state index contributed by atoms with van der Waals surface area (Å²) >= 11 is 6.80. The van der Waals surface area contributed by atoms with E-state index in [9.17, 15) is 9.59 Å². The van der Waals surface area contributed by atoms with E-state index in [4.69, 9.17) is 22.7 Å². The number of carbonyl (C=O) groups is 2. The second kappa shape index (κ2) is 6.81. The number of nitrogens with two attached hydrogens (primary N) is 1. The average Bonchev–Trinajstić information content (AvgIpc) is 3.21. The number of rotatable bonds is 4. The minimum Gasteiger partial charge on any atom is -0.465 e. The summed E-state index contributed by atoms with van der Waals surface area (Å²) < 4.78 is 6.27. The Bertz CT molecular complexity index is 871. The van der Waals surface area contributed by atoms with Gasteiger partial charge in [-0.2, -0.15) is 5.10 Å². The predicted molar refractivity (Wildman–Crippen MR) is 99.3 cm³/mol. The van der Waals surface area contributed by atoms with E-state index in [-0.39, 0.29) is 16.8 Å². The molecule has 1 aliphatic carbocycles. The Labute approximate surface area is 153 Å². The van der Waals surface area contributed by atoms with Gasteiger partial charge in [0.15, 0.2) is 5.11 Å². The zero-order valence-electron chi connectivity index (χ0n) is 13.7. The van der Waals surface area contributed by atoms with E-state index in [0.29, 0.717) is 16.3 Å². The second-order valence-corrected chi connectivity index (χ2v) is 7.04. The van der Waals surface area contributed by atoms with Crippen molar-refractivity contribution in [3.8, 4) is 0 Å². The monoisotopic (exact) mass is 379 g/mol. The summed E-state index contributed by atoms with van der Waals surface area (Å²) in [4.78, 5) is 24.8. The number of aromatic nitrogens is 2. The number of thiocarbonyl (C=S) groups is 1. The molecule has 0 spiro atoms. The number of amides is 1. The molecule has 0 saturated carbocycles. The molecule has 132 valence electrons. The molecular weight excluding hydrogens is 362 g/mol. The van der Waals surface area contributed by atoms with Crippen LogP contribution in [0.4, 0.5) is 10.7 Å². The number of methoxy groups -OCH3 is 1. The summed E-state index contributed by atoms with van der Waals surface area (Å²) in [5.74, 6) is -1.00. The number of anilines is 2. The van der Waals surface area contributed by atoms with Crippen LogP contribution in [0.15, 0.2) is 6.20 Å². The van der Waals surface area contributed by atoms with Gasteiger partial charge in [-0.1, -0.05) is 0 Å². The van der Waals surface area contributed by atoms with Gasteiger partial charge in [-0.25, -0.2) is 4.79 Å². The summed E-state index contributed by atoms with van der Waals surface area (Å²) in [6.45, 7) is 0. The molecule has 1 aliphatic rings. The number of carbonyl (C=O) groups excluding carboxylic acids is 2. The van der Waals surface area contributed by atoms with E-state index < -0.39 is 5.91 Å². The van der Waals surface area contributed by atoms with Gasteiger partial charge in [0.1, 0.15) is 10.7 Å². The van der Waals surface area contributed by atoms with Crippen molar-refractivity contribution in [2.45, 2.75) is 19.3 Å². The van der Waals surface area contributed by atoms with Crippen molar-refractivity contribution in [3.63, 3.8) is 0 Å². The molecule has 0 unspecified atom stereocenters. The van der Waals surface area contributed by atoms with Crippen LogP contribution in [-0.4, -0.2) is 33.9 Å². The first-order valence-electron chi connectivity index (χ1n) is 7.55. The Morgan fingerprint density at radius 2 is 2.16 bits per heavy atom. The number of nitrogens with one attached hydrogen (secondary N) is 2. The van der Waals surface area contributed by atoms with Crippen LogP contribution in [0, 0.1) is 0 Å². The first-order valence-corrected chi connectivity index (χ1v) is 8.77. The summed E-state index contributed by atoms with van der Waals surface area (Å²) in [5.41, 5.74) is 7.53. The summed E-state index contributed by atoms with van der Waals surface area (Å²) in [5, 5.41) is 10.8. The lowest BCUT2D eigenvalue weighted by Crippen LogP contribution is -2.23. The van der Waals surface area contributed by atoms with E-state index in [0.717, 1.165) is 24.8 Å². The smallest absolute Gasteiger partial charge is 0.341 e. The minimum atomic E-state index is -0.615. The van der Waals surface area contributed by atoms with Gasteiger partial charge in [0.2, 0.25) is 0 Å². The van der Waals surface area contributed by atoms with Crippen LogP contribution in [0.3, 0.4) is 0 Å². The highest BCUT2D eigenvalue weighted by molar-refractivity contribution is 7.80. The lowest BCUT2D eigenvalue weighted by molar-refractivity contribution is 0.0601. The molecule has 0 bridgehead atoms. The molecule has 10 heteroatoms. The maximum absolute atomic E-state index is 12.1. The Morgan fingerprint density at radius 1 is 1.40 bits per heavy atom. The molecule has 0 fully saturated rings. The van der Waals surface area contributed by atoms with Crippen molar-refractivity contribution >= 4 is 51.2 Å². The third-order valence-corrected chi connectivity index (χ3v) is 5.37. The Hall–Kier alpha value is -2.46. The average molecular weight is 379 g/mol. The number of thiophene rings is 1. The first-order chi connectivity index (χ1) is 11.9. The molecule has 0 radical (unpaired) electrons. The fourth-order valence-corrected chi connectivity index (χ4v) is 4.45. The third kappa shape index (κ3) is 3.22. The van der Waals surface area contributed by atoms with Gasteiger partial charge in [0, 0.05) is 11.9 Å². The third-order valence-electron chi connectivity index (χ3n) is 3.96. The number of hydrogen-bond donors (Lipinski definition) is 3. The standard InChI is InChI=1S/C15H17N5O3S2/c1-20-11(12(16)21)8(6-17-20)18-15(24)19-13-10(14(22)23-2)7-4-3-5-9(7)25-13/h6H,3-5H2,1-2H3,(H2,16,21)(H2,18,19,24). The highest BCUT2D eigenvalue weighted by Gasteiger charge is 2.27. The fraction of sp³-hybridized carbons (Fsp3) is 0.333. The summed E-state index contributed by atoms with van der Waals surface area (Å²) in [7, 11) is 2.97. The lowest BCUT2D eigenvalue weighted by Gasteiger charge is -2.11. The number of ether oxygens (including phenoxy) is 1. The van der Waals surface area contributed by atoms with E-state index >= 15 is 0 Å². The Balaban J connectivity index is 1.83. The largest absolute Gasteiger partial charge is 0.465 e. The summed E-state index contributed by atoms with van der Waals surface area (Å²) in [6, 6.07) is 0. The van der Waals surface area contributed by atoms with Crippen molar-refractivity contribution in [1.29, 1.82) is 0 Å². The quantitative estimate of drug-likeness (QED) is 0.547. The van der Waals surface area contributed by atoms with Crippen LogP contribution in [0.2, 0.25) is 0 Å². The van der Waals surface area contributed by atoms with Crippen molar-refractivity contribution in [2.24, 2.45) is 12.8 Å². The number of nitrogens with zero attached hydrogens (tertiary/aromatic N) is 2. The molecular formula is C15H17N5O3S2. The number of fused-ring (bicyclic) bond motifs is 1. The number of hydrogen-bond acceptors (Lipinski definition) is 6. The van der Waals surface area contributed by atoms with Crippen LogP contribution in [0.25, 0.3) is 0 Å². The topological polar surface area (TPSA) is 111 Å². The van der Waals surface area contributed by atoms with E-state index in [1.54, 1.807) is 7.05 Å².